The van der Waals surface area contributed by atoms with Crippen molar-refractivity contribution in [3.05, 3.63) is 23.8 Å². The molecule has 2 aliphatic heterocycles. The lowest BCUT2D eigenvalue weighted by atomic mass is 9.69. The molecule has 0 aromatic heterocycles. The average molecular weight is 473 g/mol. The number of fused-ring (bicyclic) bond motifs is 1. The summed E-state index contributed by atoms with van der Waals surface area (Å²) in [7, 11) is 0. The van der Waals surface area contributed by atoms with Gasteiger partial charge in [0.15, 0.2) is 17.5 Å². The lowest BCUT2D eigenvalue weighted by Gasteiger charge is -2.37. The number of halogens is 1. The third-order valence-electron chi connectivity index (χ3n) is 5.67. The number of hydrogen-bond donors (Lipinski definition) is 1. The minimum Gasteiger partial charge on any atom is -0.454 e. The summed E-state index contributed by atoms with van der Waals surface area (Å²) in [6.07, 6.45) is 6.07. The highest BCUT2D eigenvalue weighted by Gasteiger charge is 2.35. The Balaban J connectivity index is 0.00000196. The summed E-state index contributed by atoms with van der Waals surface area (Å²) in [5.74, 6) is 2.34. The number of aliphatic imine (C=N–C) groups is 1. The van der Waals surface area contributed by atoms with E-state index in [0.717, 1.165) is 57.2 Å². The van der Waals surface area contributed by atoms with Crippen LogP contribution in [0.25, 0.3) is 0 Å². The van der Waals surface area contributed by atoms with Gasteiger partial charge in [-0.05, 0) is 30.5 Å². The van der Waals surface area contributed by atoms with Crippen molar-refractivity contribution >= 4 is 29.9 Å². The van der Waals surface area contributed by atoms with Gasteiger partial charge in [0.2, 0.25) is 6.79 Å². The number of nitrogens with two attached hydrogens (primary N) is 1. The minimum atomic E-state index is 0. The molecular formula is C19H28IN3O3. The van der Waals surface area contributed by atoms with E-state index >= 15 is 0 Å². The molecule has 1 saturated carbocycles. The molecule has 0 unspecified atom stereocenters. The quantitative estimate of drug-likeness (QED) is 0.416. The Morgan fingerprint density at radius 1 is 1.08 bits per heavy atom. The molecule has 0 spiro atoms. The van der Waals surface area contributed by atoms with Gasteiger partial charge >= 0.3 is 0 Å². The summed E-state index contributed by atoms with van der Waals surface area (Å²) in [6, 6.07) is 6.36. The van der Waals surface area contributed by atoms with E-state index in [1.165, 1.54) is 24.8 Å². The molecule has 0 amide bonds. The molecule has 2 heterocycles. The van der Waals surface area contributed by atoms with Crippen LogP contribution in [0.4, 0.5) is 0 Å². The van der Waals surface area contributed by atoms with Crippen LogP contribution in [0.5, 0.6) is 11.5 Å². The standard InChI is InChI=1S/C19H27N3O3.HI/c20-18(22-8-10-23-11-9-22)21-13-19(6-2-1-3-7-19)15-4-5-16-17(12-15)25-14-24-16;/h4-5,12H,1-3,6-11,13-14H2,(H2,20,21);1H. The SMILES string of the molecule is I.NC(=NCC1(c2ccc3c(c2)OCO3)CCCCC1)N1CCOCC1. The second kappa shape index (κ2) is 8.65. The molecule has 3 aliphatic rings. The molecule has 0 bridgehead atoms. The minimum absolute atomic E-state index is 0. The van der Waals surface area contributed by atoms with Gasteiger partial charge < -0.3 is 24.8 Å². The van der Waals surface area contributed by atoms with Crippen molar-refractivity contribution < 1.29 is 14.2 Å². The van der Waals surface area contributed by atoms with Crippen LogP contribution in [0.2, 0.25) is 0 Å². The first kappa shape index (κ1) is 19.5. The maximum atomic E-state index is 6.27. The highest BCUT2D eigenvalue weighted by atomic mass is 127. The lowest BCUT2D eigenvalue weighted by molar-refractivity contribution is 0.0673. The Morgan fingerprint density at radius 2 is 1.81 bits per heavy atom. The van der Waals surface area contributed by atoms with Crippen molar-refractivity contribution in [3.8, 4) is 11.5 Å². The summed E-state index contributed by atoms with van der Waals surface area (Å²) in [4.78, 5) is 6.93. The van der Waals surface area contributed by atoms with Crippen LogP contribution in [0.1, 0.15) is 37.7 Å². The Bertz CT molecular complexity index is 641. The maximum absolute atomic E-state index is 6.27. The monoisotopic (exact) mass is 473 g/mol. The van der Waals surface area contributed by atoms with Gasteiger partial charge in [0.25, 0.3) is 0 Å². The Morgan fingerprint density at radius 3 is 2.58 bits per heavy atom. The van der Waals surface area contributed by atoms with Crippen LogP contribution >= 0.6 is 24.0 Å². The molecule has 2 fully saturated rings. The first-order chi connectivity index (χ1) is 12.3. The van der Waals surface area contributed by atoms with Crippen LogP contribution < -0.4 is 15.2 Å². The molecule has 6 nitrogen and oxygen atoms in total. The van der Waals surface area contributed by atoms with E-state index in [9.17, 15) is 0 Å². The average Bonchev–Trinajstić information content (AvgIpc) is 3.15. The fourth-order valence-electron chi connectivity index (χ4n) is 4.12. The van der Waals surface area contributed by atoms with Crippen LogP contribution in [0.3, 0.4) is 0 Å². The molecular weight excluding hydrogens is 445 g/mol. The fourth-order valence-corrected chi connectivity index (χ4v) is 4.12. The van der Waals surface area contributed by atoms with E-state index in [1.807, 2.05) is 6.07 Å². The van der Waals surface area contributed by atoms with E-state index in [2.05, 4.69) is 17.0 Å². The summed E-state index contributed by atoms with van der Waals surface area (Å²) >= 11 is 0. The number of rotatable bonds is 3. The fraction of sp³-hybridized carbons (Fsp3) is 0.632. The molecule has 144 valence electrons. The number of ether oxygens (including phenoxy) is 3. The molecule has 1 aromatic rings. The topological polar surface area (TPSA) is 69.3 Å². The molecule has 7 heteroatoms. The van der Waals surface area contributed by atoms with Crippen LogP contribution in [-0.4, -0.2) is 50.5 Å². The van der Waals surface area contributed by atoms with E-state index in [1.54, 1.807) is 0 Å². The predicted octanol–water partition coefficient (Wildman–Crippen LogP) is 2.88. The van der Waals surface area contributed by atoms with Crippen molar-refractivity contribution in [2.24, 2.45) is 10.7 Å². The smallest absolute Gasteiger partial charge is 0.231 e. The van der Waals surface area contributed by atoms with Crippen molar-refractivity contribution in [1.82, 2.24) is 4.90 Å². The summed E-state index contributed by atoms with van der Waals surface area (Å²) < 4.78 is 16.5. The normalized spacial score (nSPS) is 22.0. The Kier molecular flexibility index (Phi) is 6.50. The molecule has 1 aromatic carbocycles. The largest absolute Gasteiger partial charge is 0.454 e. The van der Waals surface area contributed by atoms with E-state index in [-0.39, 0.29) is 29.4 Å². The molecule has 1 aliphatic carbocycles. The van der Waals surface area contributed by atoms with Gasteiger partial charge in [0.1, 0.15) is 0 Å². The van der Waals surface area contributed by atoms with E-state index < -0.39 is 0 Å². The zero-order valence-electron chi connectivity index (χ0n) is 15.1. The first-order valence-electron chi connectivity index (χ1n) is 9.30. The van der Waals surface area contributed by atoms with Crippen LogP contribution in [0, 0.1) is 0 Å². The van der Waals surface area contributed by atoms with E-state index in [0.29, 0.717) is 12.8 Å². The van der Waals surface area contributed by atoms with Gasteiger partial charge in [-0.1, -0.05) is 25.3 Å². The lowest BCUT2D eigenvalue weighted by Crippen LogP contribution is -2.45. The van der Waals surface area contributed by atoms with Gasteiger partial charge in [-0.2, -0.15) is 0 Å². The molecule has 1 saturated heterocycles. The molecule has 0 atom stereocenters. The van der Waals surface area contributed by atoms with E-state index in [4.69, 9.17) is 24.9 Å². The third-order valence-corrected chi connectivity index (χ3v) is 5.67. The first-order valence-corrected chi connectivity index (χ1v) is 9.30. The molecule has 26 heavy (non-hydrogen) atoms. The van der Waals surface area contributed by atoms with Crippen molar-refractivity contribution in [3.63, 3.8) is 0 Å². The molecule has 4 rings (SSSR count). The highest BCUT2D eigenvalue weighted by molar-refractivity contribution is 14.0. The zero-order chi connectivity index (χ0) is 17.1. The number of hydrogen-bond acceptors (Lipinski definition) is 4. The van der Waals surface area contributed by atoms with Gasteiger partial charge in [0.05, 0.1) is 19.8 Å². The number of morpholine rings is 1. The molecule has 0 radical (unpaired) electrons. The van der Waals surface area contributed by atoms with Crippen molar-refractivity contribution in [2.45, 2.75) is 37.5 Å². The van der Waals surface area contributed by atoms with Gasteiger partial charge in [0, 0.05) is 18.5 Å². The third kappa shape index (κ3) is 4.03. The summed E-state index contributed by atoms with van der Waals surface area (Å²) in [5.41, 5.74) is 7.62. The Labute approximate surface area is 172 Å². The number of guanidine groups is 1. The number of benzene rings is 1. The molecule has 2 N–H and O–H groups in total. The second-order valence-electron chi connectivity index (χ2n) is 7.18. The maximum Gasteiger partial charge on any atom is 0.231 e. The summed E-state index contributed by atoms with van der Waals surface area (Å²) in [6.45, 7) is 4.15. The number of nitrogens with zero attached hydrogens (tertiary/aromatic N) is 2. The van der Waals surface area contributed by atoms with Gasteiger partial charge in [-0.25, -0.2) is 0 Å². The van der Waals surface area contributed by atoms with Crippen molar-refractivity contribution in [2.75, 3.05) is 39.6 Å². The van der Waals surface area contributed by atoms with Gasteiger partial charge in [-0.15, -0.1) is 24.0 Å². The predicted molar refractivity (Wildman–Crippen MR) is 112 cm³/mol. The zero-order valence-corrected chi connectivity index (χ0v) is 17.4. The summed E-state index contributed by atoms with van der Waals surface area (Å²) in [5, 5.41) is 0. The van der Waals surface area contributed by atoms with Gasteiger partial charge in [-0.3, -0.25) is 4.99 Å². The van der Waals surface area contributed by atoms with Crippen LogP contribution in [-0.2, 0) is 10.2 Å². The highest BCUT2D eigenvalue weighted by Crippen LogP contribution is 2.43. The second-order valence-corrected chi connectivity index (χ2v) is 7.18. The van der Waals surface area contributed by atoms with Crippen molar-refractivity contribution in [1.29, 1.82) is 0 Å². The van der Waals surface area contributed by atoms with Crippen LogP contribution in [0.15, 0.2) is 23.2 Å². The Hall–Kier alpha value is -1.22.